The SMILES string of the molecule is CN(C)C(=O)c1ccc(Cn2c(C(=O)O)cc3c(Br)cc(Sc4ccc(Oc5ccccc5)cc4)cc32)cc1. The minimum atomic E-state index is -0.999. The summed E-state index contributed by atoms with van der Waals surface area (Å²) in [4.78, 5) is 27.9. The molecule has 0 aliphatic heterocycles. The van der Waals surface area contributed by atoms with E-state index >= 15 is 0 Å². The van der Waals surface area contributed by atoms with Crippen molar-refractivity contribution in [1.29, 1.82) is 0 Å². The molecule has 1 heterocycles. The lowest BCUT2D eigenvalue weighted by molar-refractivity contribution is 0.0685. The van der Waals surface area contributed by atoms with Crippen molar-refractivity contribution in [3.05, 3.63) is 118 Å². The van der Waals surface area contributed by atoms with Crippen molar-refractivity contribution in [1.82, 2.24) is 9.47 Å². The van der Waals surface area contributed by atoms with Crippen LogP contribution in [0.2, 0.25) is 0 Å². The number of rotatable bonds is 8. The number of aromatic carboxylic acids is 1. The van der Waals surface area contributed by atoms with E-state index in [1.54, 1.807) is 48.6 Å². The van der Waals surface area contributed by atoms with Crippen molar-refractivity contribution in [3.63, 3.8) is 0 Å². The van der Waals surface area contributed by atoms with Gasteiger partial charge < -0.3 is 19.3 Å². The predicted octanol–water partition coefficient (Wildman–Crippen LogP) is 7.80. The number of carbonyl (C=O) groups excluding carboxylic acids is 1. The molecule has 5 rings (SSSR count). The Balaban J connectivity index is 1.42. The van der Waals surface area contributed by atoms with Crippen LogP contribution in [0.15, 0.2) is 111 Å². The van der Waals surface area contributed by atoms with Gasteiger partial charge in [-0.05, 0) is 72.3 Å². The first-order chi connectivity index (χ1) is 18.8. The molecule has 0 bridgehead atoms. The van der Waals surface area contributed by atoms with Gasteiger partial charge >= 0.3 is 5.97 Å². The van der Waals surface area contributed by atoms with Crippen molar-refractivity contribution in [2.45, 2.75) is 16.3 Å². The molecule has 39 heavy (non-hydrogen) atoms. The van der Waals surface area contributed by atoms with Crippen LogP contribution in [0.25, 0.3) is 10.9 Å². The number of ether oxygens (including phenoxy) is 1. The van der Waals surface area contributed by atoms with Gasteiger partial charge in [0.05, 0.1) is 5.52 Å². The van der Waals surface area contributed by atoms with Crippen molar-refractivity contribution < 1.29 is 19.4 Å². The molecule has 1 aromatic heterocycles. The highest BCUT2D eigenvalue weighted by Crippen LogP contribution is 2.37. The maximum atomic E-state index is 12.2. The van der Waals surface area contributed by atoms with Gasteiger partial charge in [-0.15, -0.1) is 0 Å². The third kappa shape index (κ3) is 6.02. The molecule has 0 unspecified atom stereocenters. The Morgan fingerprint density at radius 1 is 0.872 bits per heavy atom. The largest absolute Gasteiger partial charge is 0.477 e. The number of aromatic nitrogens is 1. The highest BCUT2D eigenvalue weighted by Gasteiger charge is 2.18. The summed E-state index contributed by atoms with van der Waals surface area (Å²) in [7, 11) is 3.42. The van der Waals surface area contributed by atoms with Crippen LogP contribution in [0, 0.1) is 0 Å². The van der Waals surface area contributed by atoms with Crippen LogP contribution in [0.4, 0.5) is 0 Å². The Bertz CT molecular complexity index is 1650. The van der Waals surface area contributed by atoms with E-state index in [2.05, 4.69) is 15.9 Å². The fourth-order valence-electron chi connectivity index (χ4n) is 4.23. The van der Waals surface area contributed by atoms with Gasteiger partial charge in [0.1, 0.15) is 17.2 Å². The summed E-state index contributed by atoms with van der Waals surface area (Å²) < 4.78 is 8.51. The Hall–Kier alpha value is -4.01. The minimum Gasteiger partial charge on any atom is -0.477 e. The van der Waals surface area contributed by atoms with Crippen molar-refractivity contribution in [3.8, 4) is 11.5 Å². The summed E-state index contributed by atoms with van der Waals surface area (Å²) in [6.07, 6.45) is 0. The summed E-state index contributed by atoms with van der Waals surface area (Å²) in [5.74, 6) is 0.451. The molecule has 0 saturated carbocycles. The molecule has 1 amide bonds. The lowest BCUT2D eigenvalue weighted by atomic mass is 10.1. The number of hydrogen-bond acceptors (Lipinski definition) is 4. The highest BCUT2D eigenvalue weighted by atomic mass is 79.9. The fraction of sp³-hybridized carbons (Fsp3) is 0.0968. The van der Waals surface area contributed by atoms with E-state index in [-0.39, 0.29) is 11.6 Å². The molecule has 8 heteroatoms. The molecule has 0 radical (unpaired) electrons. The second-order valence-corrected chi connectivity index (χ2v) is 11.1. The third-order valence-electron chi connectivity index (χ3n) is 6.15. The molecule has 6 nitrogen and oxygen atoms in total. The number of para-hydroxylation sites is 1. The number of nitrogens with zero attached hydrogens (tertiary/aromatic N) is 2. The van der Waals surface area contributed by atoms with Crippen molar-refractivity contribution in [2.75, 3.05) is 14.1 Å². The molecule has 5 aromatic rings. The summed E-state index contributed by atoms with van der Waals surface area (Å²) in [5, 5.41) is 10.8. The topological polar surface area (TPSA) is 71.8 Å². The second-order valence-electron chi connectivity index (χ2n) is 9.14. The van der Waals surface area contributed by atoms with Gasteiger partial charge in [0, 0.05) is 45.9 Å². The number of carboxylic acids is 1. The maximum absolute atomic E-state index is 12.2. The molecule has 0 spiro atoms. The molecule has 4 aromatic carbocycles. The molecule has 0 fully saturated rings. The van der Waals surface area contributed by atoms with E-state index in [0.717, 1.165) is 42.2 Å². The number of benzene rings is 4. The van der Waals surface area contributed by atoms with E-state index in [1.807, 2.05) is 78.9 Å². The first-order valence-electron chi connectivity index (χ1n) is 12.2. The van der Waals surface area contributed by atoms with Crippen LogP contribution in [0.3, 0.4) is 0 Å². The van der Waals surface area contributed by atoms with Crippen molar-refractivity contribution >= 4 is 50.5 Å². The van der Waals surface area contributed by atoms with Crippen LogP contribution < -0.4 is 4.74 Å². The summed E-state index contributed by atoms with van der Waals surface area (Å²) >= 11 is 5.23. The number of hydrogen-bond donors (Lipinski definition) is 1. The fourth-order valence-corrected chi connectivity index (χ4v) is 5.83. The lowest BCUT2D eigenvalue weighted by Gasteiger charge is -2.13. The average molecular weight is 602 g/mol. The zero-order valence-corrected chi connectivity index (χ0v) is 23.7. The van der Waals surface area contributed by atoms with Gasteiger partial charge in [-0.3, -0.25) is 4.79 Å². The summed E-state index contributed by atoms with van der Waals surface area (Å²) in [6.45, 7) is 0.355. The number of halogens is 1. The molecule has 0 saturated heterocycles. The Morgan fingerprint density at radius 3 is 2.18 bits per heavy atom. The van der Waals surface area contributed by atoms with E-state index < -0.39 is 5.97 Å². The normalized spacial score (nSPS) is 10.9. The Labute approximate surface area is 239 Å². The molecule has 0 atom stereocenters. The van der Waals surface area contributed by atoms with Gasteiger partial charge in [-0.25, -0.2) is 4.79 Å². The van der Waals surface area contributed by atoms with Crippen LogP contribution in [0.1, 0.15) is 26.4 Å². The van der Waals surface area contributed by atoms with Gasteiger partial charge in [0.15, 0.2) is 0 Å². The number of amides is 1. The summed E-state index contributed by atoms with van der Waals surface area (Å²) in [5.41, 5.74) is 2.49. The van der Waals surface area contributed by atoms with Crippen molar-refractivity contribution in [2.24, 2.45) is 0 Å². The van der Waals surface area contributed by atoms with E-state index in [9.17, 15) is 14.7 Å². The average Bonchev–Trinajstić information content (AvgIpc) is 3.29. The molecular formula is C31H25BrN2O4S. The maximum Gasteiger partial charge on any atom is 0.352 e. The Morgan fingerprint density at radius 2 is 1.54 bits per heavy atom. The predicted molar refractivity (Wildman–Crippen MR) is 157 cm³/mol. The molecule has 0 aliphatic carbocycles. The zero-order valence-electron chi connectivity index (χ0n) is 21.3. The lowest BCUT2D eigenvalue weighted by Crippen LogP contribution is -2.21. The molecular weight excluding hydrogens is 576 g/mol. The van der Waals surface area contributed by atoms with Crippen LogP contribution in [-0.4, -0.2) is 40.5 Å². The van der Waals surface area contributed by atoms with Gasteiger partial charge in [0.25, 0.3) is 5.91 Å². The Kier molecular flexibility index (Phi) is 7.77. The van der Waals surface area contributed by atoms with Gasteiger partial charge in [-0.1, -0.05) is 58.0 Å². The van der Waals surface area contributed by atoms with Gasteiger partial charge in [0.2, 0.25) is 0 Å². The third-order valence-corrected chi connectivity index (χ3v) is 7.78. The molecule has 1 N–H and O–H groups in total. The smallest absolute Gasteiger partial charge is 0.352 e. The van der Waals surface area contributed by atoms with E-state index in [0.29, 0.717) is 12.1 Å². The number of carbonyl (C=O) groups is 2. The van der Waals surface area contributed by atoms with E-state index in [1.165, 1.54) is 4.90 Å². The second kappa shape index (κ2) is 11.4. The standard InChI is InChI=1S/C31H25BrN2O4S/c1-33(2)30(35)21-10-8-20(9-11-21)19-34-28-17-25(16-27(32)26(28)18-29(34)31(36)37)39-24-14-12-23(13-15-24)38-22-6-4-3-5-7-22/h3-18H,19H2,1-2H3,(H,36,37). The minimum absolute atomic E-state index is 0.0792. The van der Waals surface area contributed by atoms with Crippen LogP contribution in [-0.2, 0) is 6.54 Å². The van der Waals surface area contributed by atoms with Gasteiger partial charge in [-0.2, -0.15) is 0 Å². The monoisotopic (exact) mass is 600 g/mol. The molecule has 0 aliphatic rings. The highest BCUT2D eigenvalue weighted by molar-refractivity contribution is 9.10. The van der Waals surface area contributed by atoms with Crippen LogP contribution in [0.5, 0.6) is 11.5 Å². The zero-order chi connectivity index (χ0) is 27.5. The van der Waals surface area contributed by atoms with Crippen LogP contribution >= 0.6 is 27.7 Å². The first-order valence-corrected chi connectivity index (χ1v) is 13.8. The number of carboxylic acid groups (broad SMARTS) is 1. The number of fused-ring (bicyclic) bond motifs is 1. The van der Waals surface area contributed by atoms with E-state index in [4.69, 9.17) is 4.74 Å². The molecule has 196 valence electrons. The quantitative estimate of drug-likeness (QED) is 0.197. The summed E-state index contributed by atoms with van der Waals surface area (Å²) in [6, 6.07) is 30.4. The first kappa shape index (κ1) is 26.6.